The highest BCUT2D eigenvalue weighted by Gasteiger charge is 2.30. The van der Waals surface area contributed by atoms with Crippen molar-refractivity contribution >= 4 is 39.3 Å². The number of carbonyl (C=O) groups excluding carboxylic acids is 2. The maximum Gasteiger partial charge on any atom is 0.243 e. The Morgan fingerprint density at radius 1 is 1.16 bits per heavy atom. The number of fused-ring (bicyclic) bond motifs is 1. The summed E-state index contributed by atoms with van der Waals surface area (Å²) >= 11 is 1.31. The standard InChI is InChI=1S/C21H24FN3O4S2/c1-3-24(4-2)31(28,29)17-9-10-19-18(11-17)25(21(27)14-30-19)13-20(26)23-12-15-5-7-16(22)8-6-15/h5-11H,3-4,12-14H2,1-2H3,(H,23,26). The normalized spacial score (nSPS) is 13.9. The van der Waals surface area contributed by atoms with Gasteiger partial charge in [0.15, 0.2) is 0 Å². The van der Waals surface area contributed by atoms with Gasteiger partial charge in [0, 0.05) is 24.5 Å². The first-order valence-corrected chi connectivity index (χ1v) is 12.3. The molecular formula is C21H24FN3O4S2. The van der Waals surface area contributed by atoms with E-state index in [1.807, 2.05) is 0 Å². The monoisotopic (exact) mass is 465 g/mol. The van der Waals surface area contributed by atoms with E-state index in [0.29, 0.717) is 18.8 Å². The summed E-state index contributed by atoms with van der Waals surface area (Å²) in [5.74, 6) is -0.863. The molecule has 0 bridgehead atoms. The Bertz CT molecular complexity index is 1070. The van der Waals surface area contributed by atoms with Crippen LogP contribution in [0, 0.1) is 5.82 Å². The van der Waals surface area contributed by atoms with Crippen LogP contribution < -0.4 is 10.2 Å². The molecule has 1 aliphatic rings. The SMILES string of the molecule is CCN(CC)S(=O)(=O)c1ccc2c(c1)N(CC(=O)NCc1ccc(F)cc1)C(=O)CS2. The van der Waals surface area contributed by atoms with Crippen molar-refractivity contribution in [2.45, 2.75) is 30.2 Å². The average Bonchev–Trinajstić information content (AvgIpc) is 2.75. The van der Waals surface area contributed by atoms with Gasteiger partial charge in [0.1, 0.15) is 12.4 Å². The Labute approximate surface area is 185 Å². The van der Waals surface area contributed by atoms with Gasteiger partial charge in [-0.05, 0) is 35.9 Å². The van der Waals surface area contributed by atoms with Gasteiger partial charge in [0.05, 0.1) is 16.3 Å². The van der Waals surface area contributed by atoms with E-state index in [9.17, 15) is 22.4 Å². The molecule has 3 rings (SSSR count). The van der Waals surface area contributed by atoms with E-state index in [2.05, 4.69) is 5.32 Å². The van der Waals surface area contributed by atoms with Gasteiger partial charge in [-0.2, -0.15) is 4.31 Å². The first-order valence-electron chi connectivity index (χ1n) is 9.84. The van der Waals surface area contributed by atoms with E-state index in [1.165, 1.54) is 45.2 Å². The molecule has 2 aromatic rings. The summed E-state index contributed by atoms with van der Waals surface area (Å²) in [5.41, 5.74) is 1.13. The second kappa shape index (κ2) is 9.80. The predicted molar refractivity (Wildman–Crippen MR) is 118 cm³/mol. The number of amides is 2. The maximum absolute atomic E-state index is 13.0. The van der Waals surface area contributed by atoms with Gasteiger partial charge < -0.3 is 10.2 Å². The molecule has 2 amide bonds. The number of rotatable bonds is 8. The highest BCUT2D eigenvalue weighted by atomic mass is 32.2. The van der Waals surface area contributed by atoms with Crippen molar-refractivity contribution in [2.75, 3.05) is 30.3 Å². The van der Waals surface area contributed by atoms with Crippen LogP contribution in [-0.4, -0.2) is 49.9 Å². The lowest BCUT2D eigenvalue weighted by atomic mass is 10.2. The molecule has 0 unspecified atom stereocenters. The molecule has 1 heterocycles. The van der Waals surface area contributed by atoms with E-state index in [1.54, 1.807) is 32.0 Å². The molecule has 7 nitrogen and oxygen atoms in total. The molecule has 1 aliphatic heterocycles. The summed E-state index contributed by atoms with van der Waals surface area (Å²) in [6.45, 7) is 4.15. The summed E-state index contributed by atoms with van der Waals surface area (Å²) in [6.07, 6.45) is 0. The average molecular weight is 466 g/mol. The van der Waals surface area contributed by atoms with Crippen LogP contribution in [0.4, 0.5) is 10.1 Å². The summed E-state index contributed by atoms with van der Waals surface area (Å²) in [4.78, 5) is 27.2. The first kappa shape index (κ1) is 23.2. The van der Waals surface area contributed by atoms with Crippen LogP contribution in [0.5, 0.6) is 0 Å². The van der Waals surface area contributed by atoms with Gasteiger partial charge in [-0.25, -0.2) is 12.8 Å². The molecule has 166 valence electrons. The van der Waals surface area contributed by atoms with Gasteiger partial charge in [-0.1, -0.05) is 26.0 Å². The molecule has 0 radical (unpaired) electrons. The molecule has 0 fully saturated rings. The van der Waals surface area contributed by atoms with Crippen LogP contribution in [0.3, 0.4) is 0 Å². The number of carbonyl (C=O) groups is 2. The summed E-state index contributed by atoms with van der Waals surface area (Å²) in [7, 11) is -3.70. The van der Waals surface area contributed by atoms with E-state index < -0.39 is 15.9 Å². The molecular weight excluding hydrogens is 441 g/mol. The fraction of sp³-hybridized carbons (Fsp3) is 0.333. The Kier molecular flexibility index (Phi) is 7.34. The van der Waals surface area contributed by atoms with Gasteiger partial charge >= 0.3 is 0 Å². The number of sulfonamides is 1. The van der Waals surface area contributed by atoms with Crippen molar-refractivity contribution in [3.05, 3.63) is 53.8 Å². The van der Waals surface area contributed by atoms with Crippen molar-refractivity contribution in [2.24, 2.45) is 0 Å². The van der Waals surface area contributed by atoms with Crippen LogP contribution in [0.15, 0.2) is 52.3 Å². The zero-order valence-electron chi connectivity index (χ0n) is 17.3. The number of hydrogen-bond acceptors (Lipinski definition) is 5. The number of nitrogens with one attached hydrogen (secondary N) is 1. The van der Waals surface area contributed by atoms with Crippen LogP contribution >= 0.6 is 11.8 Å². The molecule has 1 N–H and O–H groups in total. The minimum Gasteiger partial charge on any atom is -0.350 e. The third-order valence-corrected chi connectivity index (χ3v) is 8.01. The van der Waals surface area contributed by atoms with E-state index in [4.69, 9.17) is 0 Å². The zero-order chi connectivity index (χ0) is 22.6. The second-order valence-electron chi connectivity index (χ2n) is 6.89. The van der Waals surface area contributed by atoms with E-state index >= 15 is 0 Å². The molecule has 2 aromatic carbocycles. The minimum absolute atomic E-state index is 0.0852. The molecule has 10 heteroatoms. The topological polar surface area (TPSA) is 86.8 Å². The number of benzene rings is 2. The third-order valence-electron chi connectivity index (χ3n) is 4.92. The number of halogens is 1. The lowest BCUT2D eigenvalue weighted by Gasteiger charge is -2.29. The van der Waals surface area contributed by atoms with Crippen molar-refractivity contribution in [3.63, 3.8) is 0 Å². The molecule has 0 aliphatic carbocycles. The fourth-order valence-corrected chi connectivity index (χ4v) is 5.63. The fourth-order valence-electron chi connectivity index (χ4n) is 3.23. The Hall–Kier alpha value is -2.43. The zero-order valence-corrected chi connectivity index (χ0v) is 18.9. The number of hydrogen-bond donors (Lipinski definition) is 1. The van der Waals surface area contributed by atoms with Crippen molar-refractivity contribution in [1.29, 1.82) is 0 Å². The Morgan fingerprint density at radius 3 is 2.48 bits per heavy atom. The highest BCUT2D eigenvalue weighted by Crippen LogP contribution is 2.37. The predicted octanol–water partition coefficient (Wildman–Crippen LogP) is 2.61. The maximum atomic E-state index is 13.0. The molecule has 0 atom stereocenters. The molecule has 0 aromatic heterocycles. The van der Waals surface area contributed by atoms with Crippen LogP contribution in [-0.2, 0) is 26.2 Å². The van der Waals surface area contributed by atoms with E-state index in [0.717, 1.165) is 10.5 Å². The smallest absolute Gasteiger partial charge is 0.243 e. The van der Waals surface area contributed by atoms with Crippen molar-refractivity contribution in [3.8, 4) is 0 Å². The van der Waals surface area contributed by atoms with Crippen LogP contribution in [0.2, 0.25) is 0 Å². The Balaban J connectivity index is 1.80. The molecule has 31 heavy (non-hydrogen) atoms. The minimum atomic E-state index is -3.70. The largest absolute Gasteiger partial charge is 0.350 e. The van der Waals surface area contributed by atoms with Gasteiger partial charge in [0.25, 0.3) is 0 Å². The molecule has 0 spiro atoms. The molecule has 0 saturated carbocycles. The lowest BCUT2D eigenvalue weighted by Crippen LogP contribution is -2.43. The van der Waals surface area contributed by atoms with Gasteiger partial charge in [0.2, 0.25) is 21.8 Å². The number of nitrogens with zero attached hydrogens (tertiary/aromatic N) is 2. The Morgan fingerprint density at radius 2 is 1.84 bits per heavy atom. The molecule has 0 saturated heterocycles. The quantitative estimate of drug-likeness (QED) is 0.648. The van der Waals surface area contributed by atoms with Crippen molar-refractivity contribution < 1.29 is 22.4 Å². The van der Waals surface area contributed by atoms with E-state index in [-0.39, 0.29) is 35.5 Å². The summed E-state index contributed by atoms with van der Waals surface area (Å²) in [6, 6.07) is 10.4. The highest BCUT2D eigenvalue weighted by molar-refractivity contribution is 8.00. The summed E-state index contributed by atoms with van der Waals surface area (Å²) < 4.78 is 40.1. The summed E-state index contributed by atoms with van der Waals surface area (Å²) in [5, 5.41) is 2.71. The number of thioether (sulfide) groups is 1. The van der Waals surface area contributed by atoms with Crippen LogP contribution in [0.25, 0.3) is 0 Å². The van der Waals surface area contributed by atoms with Crippen LogP contribution in [0.1, 0.15) is 19.4 Å². The van der Waals surface area contributed by atoms with Crippen molar-refractivity contribution in [1.82, 2.24) is 9.62 Å². The van der Waals surface area contributed by atoms with Gasteiger partial charge in [-0.15, -0.1) is 11.8 Å². The third kappa shape index (κ3) is 5.25. The first-order chi connectivity index (χ1) is 14.8. The lowest BCUT2D eigenvalue weighted by molar-refractivity contribution is -0.123. The number of anilines is 1. The van der Waals surface area contributed by atoms with Gasteiger partial charge in [-0.3, -0.25) is 9.59 Å². The second-order valence-corrected chi connectivity index (χ2v) is 9.85.